The molecule has 4 N–H and O–H groups in total. The third-order valence-electron chi connectivity index (χ3n) is 5.40. The molecule has 0 spiro atoms. The maximum absolute atomic E-state index is 12.7. The number of hydrogen-bond donors (Lipinski definition) is 4. The first-order valence-corrected chi connectivity index (χ1v) is 9.84. The van der Waals surface area contributed by atoms with Gasteiger partial charge in [-0.3, -0.25) is 14.7 Å². The van der Waals surface area contributed by atoms with Crippen LogP contribution in [0.15, 0.2) is 30.5 Å². The van der Waals surface area contributed by atoms with Crippen LogP contribution >= 0.6 is 0 Å². The Morgan fingerprint density at radius 1 is 1.26 bits per heavy atom. The van der Waals surface area contributed by atoms with Gasteiger partial charge < -0.3 is 20.9 Å². The first-order chi connectivity index (χ1) is 16.2. The van der Waals surface area contributed by atoms with Crippen LogP contribution in [-0.2, 0) is 11.3 Å². The number of carbonyl (C=O) groups is 2. The summed E-state index contributed by atoms with van der Waals surface area (Å²) in [6.07, 6.45) is 3.43. The molecule has 0 saturated heterocycles. The lowest BCUT2D eigenvalue weighted by Gasteiger charge is -2.30. The topological polar surface area (TPSA) is 128 Å². The smallest absolute Gasteiger partial charge is 0.273 e. The molecule has 1 saturated carbocycles. The second-order valence-electron chi connectivity index (χ2n) is 7.66. The predicted molar refractivity (Wildman–Crippen MR) is 116 cm³/mol. The van der Waals surface area contributed by atoms with Gasteiger partial charge in [0.1, 0.15) is 0 Å². The van der Waals surface area contributed by atoms with Gasteiger partial charge in [0, 0.05) is 47.8 Å². The maximum Gasteiger partial charge on any atom is 0.273 e. The molecule has 2 aromatic heterocycles. The molecule has 3 aromatic rings. The largest absolute Gasteiger partial charge is 0.368 e. The number of aromatic nitrogens is 4. The number of aromatic amines is 1. The first kappa shape index (κ1) is 15.8. The molecule has 1 aliphatic carbocycles. The number of anilines is 4. The summed E-state index contributed by atoms with van der Waals surface area (Å²) in [5, 5.41) is 22.9. The van der Waals surface area contributed by atoms with Gasteiger partial charge in [0.15, 0.2) is 11.5 Å². The van der Waals surface area contributed by atoms with Crippen molar-refractivity contribution in [2.24, 2.45) is 5.92 Å². The standard InChI is InChI=1S/C21H22N8O2/c1-22-21(31)18-15(8-16(26-28-18)25-20(30)11-6-7-11)24-14-5-3-4-13-17-12(9-23-27-17)10-29(2)19(13)14/h3-5,8-9,11H,6-7,10H2,1-2H3,(H,22,31)(H,23,27)(H2,24,25,26,30)/i1D3. The summed E-state index contributed by atoms with van der Waals surface area (Å²) in [5.41, 5.74) is 4.41. The Labute approximate surface area is 182 Å². The van der Waals surface area contributed by atoms with Crippen molar-refractivity contribution in [2.75, 3.05) is 29.6 Å². The van der Waals surface area contributed by atoms with Gasteiger partial charge in [0.05, 0.1) is 29.0 Å². The molecular weight excluding hydrogens is 396 g/mol. The van der Waals surface area contributed by atoms with Crippen molar-refractivity contribution in [3.05, 3.63) is 41.7 Å². The second kappa shape index (κ2) is 7.38. The minimum absolute atomic E-state index is 0.0462. The van der Waals surface area contributed by atoms with Crippen LogP contribution in [-0.4, -0.2) is 46.2 Å². The summed E-state index contributed by atoms with van der Waals surface area (Å²) in [4.78, 5) is 26.9. The second-order valence-corrected chi connectivity index (χ2v) is 7.66. The fourth-order valence-electron chi connectivity index (χ4n) is 3.75. The molecule has 0 unspecified atom stereocenters. The number of amides is 2. The molecule has 10 heteroatoms. The van der Waals surface area contributed by atoms with E-state index in [1.165, 1.54) is 6.07 Å². The normalized spacial score (nSPS) is 16.3. The van der Waals surface area contributed by atoms with E-state index in [1.54, 1.807) is 6.20 Å². The lowest BCUT2D eigenvalue weighted by Crippen LogP contribution is -2.24. The van der Waals surface area contributed by atoms with Crippen LogP contribution in [0.3, 0.4) is 0 Å². The van der Waals surface area contributed by atoms with Crippen LogP contribution in [0, 0.1) is 5.92 Å². The number of H-pyrrole nitrogens is 1. The van der Waals surface area contributed by atoms with E-state index in [1.807, 2.05) is 35.5 Å². The zero-order chi connectivity index (χ0) is 24.0. The Balaban J connectivity index is 1.54. The van der Waals surface area contributed by atoms with Gasteiger partial charge in [0.25, 0.3) is 5.91 Å². The number of fused-ring (bicyclic) bond motifs is 3. The zero-order valence-corrected chi connectivity index (χ0v) is 16.7. The minimum atomic E-state index is -2.70. The average Bonchev–Trinajstić information content (AvgIpc) is 3.51. The molecule has 0 bridgehead atoms. The Hall–Kier alpha value is -3.95. The Morgan fingerprint density at radius 3 is 2.94 bits per heavy atom. The quantitative estimate of drug-likeness (QED) is 0.497. The number of para-hydroxylation sites is 1. The third-order valence-corrected chi connectivity index (χ3v) is 5.40. The Morgan fingerprint density at radius 2 is 2.13 bits per heavy atom. The van der Waals surface area contributed by atoms with Crippen molar-refractivity contribution in [3.8, 4) is 11.3 Å². The number of nitrogens with zero attached hydrogens (tertiary/aromatic N) is 4. The molecule has 31 heavy (non-hydrogen) atoms. The van der Waals surface area contributed by atoms with E-state index in [2.05, 4.69) is 31.0 Å². The van der Waals surface area contributed by atoms with E-state index in [4.69, 9.17) is 4.11 Å². The summed E-state index contributed by atoms with van der Waals surface area (Å²) in [7, 11) is 1.94. The highest BCUT2D eigenvalue weighted by Crippen LogP contribution is 2.43. The lowest BCUT2D eigenvalue weighted by atomic mass is 9.99. The summed E-state index contributed by atoms with van der Waals surface area (Å²) in [6.45, 7) is -2.07. The highest BCUT2D eigenvalue weighted by molar-refractivity contribution is 6.01. The number of hydrogen-bond acceptors (Lipinski definition) is 7. The molecule has 158 valence electrons. The maximum atomic E-state index is 12.7. The van der Waals surface area contributed by atoms with Crippen molar-refractivity contribution >= 4 is 34.7 Å². The molecule has 2 amide bonds. The van der Waals surface area contributed by atoms with Gasteiger partial charge in [-0.1, -0.05) is 12.1 Å². The van der Waals surface area contributed by atoms with Crippen LogP contribution in [0.2, 0.25) is 0 Å². The molecule has 0 atom stereocenters. The van der Waals surface area contributed by atoms with E-state index in [-0.39, 0.29) is 29.0 Å². The van der Waals surface area contributed by atoms with E-state index in [0.29, 0.717) is 12.2 Å². The van der Waals surface area contributed by atoms with Crippen LogP contribution in [0.1, 0.15) is 33.0 Å². The SMILES string of the molecule is [2H]C([2H])([2H])NC(=O)c1nnc(NC(=O)C2CC2)cc1Nc1cccc2c1N(C)Cc1cn[nH]c1-2. The van der Waals surface area contributed by atoms with Gasteiger partial charge in [-0.15, -0.1) is 10.2 Å². The first-order valence-electron chi connectivity index (χ1n) is 11.3. The van der Waals surface area contributed by atoms with Crippen molar-refractivity contribution in [2.45, 2.75) is 19.4 Å². The summed E-state index contributed by atoms with van der Waals surface area (Å²) in [5.74, 6) is -0.957. The van der Waals surface area contributed by atoms with E-state index in [9.17, 15) is 9.59 Å². The molecule has 1 fully saturated rings. The fraction of sp³-hybridized carbons (Fsp3) is 0.286. The van der Waals surface area contributed by atoms with Gasteiger partial charge in [0.2, 0.25) is 5.91 Å². The number of benzene rings is 1. The van der Waals surface area contributed by atoms with Crippen molar-refractivity contribution in [1.82, 2.24) is 25.7 Å². The van der Waals surface area contributed by atoms with Gasteiger partial charge >= 0.3 is 0 Å². The van der Waals surface area contributed by atoms with Gasteiger partial charge in [-0.25, -0.2) is 0 Å². The van der Waals surface area contributed by atoms with E-state index < -0.39 is 12.9 Å². The van der Waals surface area contributed by atoms with Gasteiger partial charge in [-0.2, -0.15) is 5.10 Å². The fourth-order valence-corrected chi connectivity index (χ4v) is 3.75. The monoisotopic (exact) mass is 421 g/mol. The summed E-state index contributed by atoms with van der Waals surface area (Å²) < 4.78 is 22.1. The molecule has 0 radical (unpaired) electrons. The van der Waals surface area contributed by atoms with Crippen molar-refractivity contribution < 1.29 is 13.7 Å². The van der Waals surface area contributed by atoms with Crippen LogP contribution < -0.4 is 20.9 Å². The van der Waals surface area contributed by atoms with Crippen molar-refractivity contribution in [3.63, 3.8) is 0 Å². The molecule has 2 aliphatic rings. The Kier molecular flexibility index (Phi) is 3.77. The molecular formula is C21H22N8O2. The zero-order valence-electron chi connectivity index (χ0n) is 19.7. The predicted octanol–water partition coefficient (Wildman–Crippen LogP) is 2.27. The number of carbonyl (C=O) groups excluding carboxylic acids is 2. The minimum Gasteiger partial charge on any atom is -0.368 e. The molecule has 5 rings (SSSR count). The van der Waals surface area contributed by atoms with Crippen molar-refractivity contribution in [1.29, 1.82) is 0 Å². The average molecular weight is 421 g/mol. The molecule has 1 aliphatic heterocycles. The molecule has 1 aromatic carbocycles. The van der Waals surface area contributed by atoms with E-state index >= 15 is 0 Å². The Bertz CT molecular complexity index is 1290. The summed E-state index contributed by atoms with van der Waals surface area (Å²) in [6, 6.07) is 7.13. The molecule has 3 heterocycles. The van der Waals surface area contributed by atoms with Crippen LogP contribution in [0.4, 0.5) is 22.9 Å². The number of nitrogens with one attached hydrogen (secondary N) is 4. The van der Waals surface area contributed by atoms with Crippen LogP contribution in [0.5, 0.6) is 0 Å². The lowest BCUT2D eigenvalue weighted by molar-refractivity contribution is -0.117. The summed E-state index contributed by atoms with van der Waals surface area (Å²) >= 11 is 0. The third kappa shape index (κ3) is 3.45. The molecule has 10 nitrogen and oxygen atoms in total. The number of rotatable bonds is 5. The highest BCUT2D eigenvalue weighted by atomic mass is 16.2. The van der Waals surface area contributed by atoms with Crippen LogP contribution in [0.25, 0.3) is 11.3 Å². The van der Waals surface area contributed by atoms with E-state index in [0.717, 1.165) is 35.3 Å². The van der Waals surface area contributed by atoms with Gasteiger partial charge in [-0.05, 0) is 18.9 Å². The highest BCUT2D eigenvalue weighted by Gasteiger charge is 2.30.